The largest absolute Gasteiger partial charge is 0.492 e. The summed E-state index contributed by atoms with van der Waals surface area (Å²) in [6.45, 7) is 3.69. The lowest BCUT2D eigenvalue weighted by Gasteiger charge is -2.24. The summed E-state index contributed by atoms with van der Waals surface area (Å²) in [4.78, 5) is 13.0. The van der Waals surface area contributed by atoms with Crippen molar-refractivity contribution in [1.82, 2.24) is 0 Å². The van der Waals surface area contributed by atoms with E-state index < -0.39 is 28.3 Å². The molecule has 9 heteroatoms. The average molecular weight is 485 g/mol. The fourth-order valence-electron chi connectivity index (χ4n) is 3.78. The van der Waals surface area contributed by atoms with Crippen molar-refractivity contribution in [1.29, 1.82) is 0 Å². The second-order valence-corrected chi connectivity index (χ2v) is 9.73. The fourth-order valence-corrected chi connectivity index (χ4v) is 5.20. The van der Waals surface area contributed by atoms with Crippen LogP contribution in [-0.4, -0.2) is 33.6 Å². The van der Waals surface area contributed by atoms with E-state index in [9.17, 15) is 17.6 Å². The van der Waals surface area contributed by atoms with Crippen LogP contribution < -0.4 is 19.1 Å². The van der Waals surface area contributed by atoms with Crippen LogP contribution in [0.5, 0.6) is 11.5 Å². The molecule has 0 saturated heterocycles. The Hall–Kier alpha value is -3.59. The molecule has 1 aliphatic heterocycles. The molecule has 0 saturated carbocycles. The molecule has 4 rings (SSSR count). The van der Waals surface area contributed by atoms with E-state index in [2.05, 4.69) is 5.32 Å². The van der Waals surface area contributed by atoms with Gasteiger partial charge in [-0.15, -0.1) is 0 Å². The third-order valence-corrected chi connectivity index (χ3v) is 7.09. The van der Waals surface area contributed by atoms with Crippen LogP contribution in [0.2, 0.25) is 0 Å². The maximum Gasteiger partial charge on any atom is 0.264 e. The molecule has 0 aliphatic carbocycles. The second kappa shape index (κ2) is 9.72. The van der Waals surface area contributed by atoms with Gasteiger partial charge >= 0.3 is 0 Å². The van der Waals surface area contributed by atoms with E-state index in [1.165, 1.54) is 12.1 Å². The zero-order chi connectivity index (χ0) is 24.3. The summed E-state index contributed by atoms with van der Waals surface area (Å²) in [6.07, 6.45) is 0.756. The molecule has 34 heavy (non-hydrogen) atoms. The highest BCUT2D eigenvalue weighted by molar-refractivity contribution is 7.92. The fraction of sp³-hybridized carbons (Fsp3) is 0.240. The van der Waals surface area contributed by atoms with Crippen molar-refractivity contribution in [2.75, 3.05) is 22.8 Å². The predicted octanol–water partition coefficient (Wildman–Crippen LogP) is 4.38. The Morgan fingerprint density at radius 1 is 1.15 bits per heavy atom. The van der Waals surface area contributed by atoms with E-state index in [0.717, 1.165) is 28.4 Å². The van der Waals surface area contributed by atoms with Gasteiger partial charge in [0, 0.05) is 18.1 Å². The van der Waals surface area contributed by atoms with Gasteiger partial charge in [-0.25, -0.2) is 12.8 Å². The molecule has 1 aliphatic rings. The van der Waals surface area contributed by atoms with E-state index in [0.29, 0.717) is 29.5 Å². The number of halogens is 1. The SMILES string of the molecule is CCOc1cc2c(cc1NC(=O)CN(c1ccccc1)S(=O)(=O)c1ccc(F)cc1)O[C@H](C)C2. The lowest BCUT2D eigenvalue weighted by Crippen LogP contribution is -2.38. The molecule has 0 unspecified atom stereocenters. The lowest BCUT2D eigenvalue weighted by molar-refractivity contribution is -0.114. The Bertz CT molecular complexity index is 1280. The van der Waals surface area contributed by atoms with Gasteiger partial charge in [-0.1, -0.05) is 18.2 Å². The number of rotatable bonds is 8. The van der Waals surface area contributed by atoms with Crippen molar-refractivity contribution in [3.05, 3.63) is 78.1 Å². The Balaban J connectivity index is 1.64. The molecule has 1 amide bonds. The number of sulfonamides is 1. The molecule has 0 spiro atoms. The number of para-hydroxylation sites is 1. The van der Waals surface area contributed by atoms with Gasteiger partial charge in [0.25, 0.3) is 10.0 Å². The van der Waals surface area contributed by atoms with Crippen molar-refractivity contribution in [3.8, 4) is 11.5 Å². The maximum atomic E-state index is 13.4. The van der Waals surface area contributed by atoms with Crippen molar-refractivity contribution >= 4 is 27.3 Å². The number of nitrogens with zero attached hydrogens (tertiary/aromatic N) is 1. The molecule has 0 fully saturated rings. The molecular formula is C25H25FN2O5S. The Morgan fingerprint density at radius 3 is 2.53 bits per heavy atom. The summed E-state index contributed by atoms with van der Waals surface area (Å²) in [5.74, 6) is 0.0195. The summed E-state index contributed by atoms with van der Waals surface area (Å²) in [7, 11) is -4.15. The third-order valence-electron chi connectivity index (χ3n) is 5.31. The first kappa shape index (κ1) is 23.6. The van der Waals surface area contributed by atoms with Crippen LogP contribution in [0.4, 0.5) is 15.8 Å². The van der Waals surface area contributed by atoms with Gasteiger partial charge in [0.15, 0.2) is 0 Å². The quantitative estimate of drug-likeness (QED) is 0.513. The third kappa shape index (κ3) is 4.99. The number of benzene rings is 3. The lowest BCUT2D eigenvalue weighted by atomic mass is 10.1. The minimum absolute atomic E-state index is 0.0184. The first-order valence-electron chi connectivity index (χ1n) is 10.9. The molecule has 0 aromatic heterocycles. The molecule has 1 atom stereocenters. The zero-order valence-corrected chi connectivity index (χ0v) is 19.6. The number of ether oxygens (including phenoxy) is 2. The zero-order valence-electron chi connectivity index (χ0n) is 18.8. The highest BCUT2D eigenvalue weighted by Gasteiger charge is 2.28. The number of hydrogen-bond acceptors (Lipinski definition) is 5. The van der Waals surface area contributed by atoms with E-state index in [1.807, 2.05) is 19.9 Å². The van der Waals surface area contributed by atoms with Crippen LogP contribution in [0.3, 0.4) is 0 Å². The maximum absolute atomic E-state index is 13.4. The van der Waals surface area contributed by atoms with Gasteiger partial charge in [0.05, 0.1) is 22.9 Å². The minimum atomic E-state index is -4.15. The molecule has 3 aromatic carbocycles. The standard InChI is InChI=1S/C25H25FN2O5S/c1-3-32-24-14-18-13-17(2)33-23(18)15-22(24)27-25(29)16-28(20-7-5-4-6-8-20)34(30,31)21-11-9-19(26)10-12-21/h4-12,14-15,17H,3,13,16H2,1-2H3,(H,27,29)/t17-/m1/s1. The molecule has 7 nitrogen and oxygen atoms in total. The van der Waals surface area contributed by atoms with Gasteiger partial charge < -0.3 is 14.8 Å². The number of anilines is 2. The monoisotopic (exact) mass is 484 g/mol. The normalized spacial score (nSPS) is 14.7. The van der Waals surface area contributed by atoms with Crippen LogP contribution >= 0.6 is 0 Å². The Morgan fingerprint density at radius 2 is 1.85 bits per heavy atom. The molecular weight excluding hydrogens is 459 g/mol. The number of fused-ring (bicyclic) bond motifs is 1. The van der Waals surface area contributed by atoms with Gasteiger partial charge in [-0.05, 0) is 56.3 Å². The van der Waals surface area contributed by atoms with Crippen molar-refractivity contribution in [3.63, 3.8) is 0 Å². The summed E-state index contributed by atoms with van der Waals surface area (Å²) in [6, 6.07) is 16.3. The summed E-state index contributed by atoms with van der Waals surface area (Å²) < 4.78 is 52.6. The van der Waals surface area contributed by atoms with Crippen molar-refractivity contribution < 1.29 is 27.1 Å². The predicted molar refractivity (Wildman–Crippen MR) is 127 cm³/mol. The number of hydrogen-bond donors (Lipinski definition) is 1. The summed E-state index contributed by atoms with van der Waals surface area (Å²) in [5.41, 5.74) is 1.68. The van der Waals surface area contributed by atoms with Gasteiger partial charge in [0.2, 0.25) is 5.91 Å². The molecule has 1 N–H and O–H groups in total. The Labute approximate surface area is 198 Å². The van der Waals surface area contributed by atoms with E-state index >= 15 is 0 Å². The first-order valence-corrected chi connectivity index (χ1v) is 12.3. The van der Waals surface area contributed by atoms with Crippen LogP contribution in [0.1, 0.15) is 19.4 Å². The number of carbonyl (C=O) groups is 1. The van der Waals surface area contributed by atoms with E-state index in [4.69, 9.17) is 9.47 Å². The van der Waals surface area contributed by atoms with E-state index in [1.54, 1.807) is 36.4 Å². The summed E-state index contributed by atoms with van der Waals surface area (Å²) in [5, 5.41) is 2.76. The number of carbonyl (C=O) groups excluding carboxylic acids is 1. The second-order valence-electron chi connectivity index (χ2n) is 7.87. The molecule has 3 aromatic rings. The minimum Gasteiger partial charge on any atom is -0.492 e. The van der Waals surface area contributed by atoms with Gasteiger partial charge in [-0.3, -0.25) is 9.10 Å². The van der Waals surface area contributed by atoms with Crippen LogP contribution in [0.25, 0.3) is 0 Å². The number of nitrogens with one attached hydrogen (secondary N) is 1. The number of amides is 1. The van der Waals surface area contributed by atoms with Crippen LogP contribution in [-0.2, 0) is 21.2 Å². The van der Waals surface area contributed by atoms with Gasteiger partial charge in [-0.2, -0.15) is 0 Å². The first-order chi connectivity index (χ1) is 16.3. The molecule has 0 bridgehead atoms. The Kier molecular flexibility index (Phi) is 6.74. The average Bonchev–Trinajstić information content (AvgIpc) is 3.17. The van der Waals surface area contributed by atoms with Crippen molar-refractivity contribution in [2.45, 2.75) is 31.3 Å². The topological polar surface area (TPSA) is 84.9 Å². The highest BCUT2D eigenvalue weighted by atomic mass is 32.2. The molecule has 178 valence electrons. The highest BCUT2D eigenvalue weighted by Crippen LogP contribution is 2.38. The van der Waals surface area contributed by atoms with Crippen LogP contribution in [0, 0.1) is 5.82 Å². The van der Waals surface area contributed by atoms with Gasteiger partial charge in [0.1, 0.15) is 30.0 Å². The molecule has 1 heterocycles. The van der Waals surface area contributed by atoms with Crippen molar-refractivity contribution in [2.24, 2.45) is 0 Å². The van der Waals surface area contributed by atoms with Crippen LogP contribution in [0.15, 0.2) is 71.6 Å². The molecule has 0 radical (unpaired) electrons. The summed E-state index contributed by atoms with van der Waals surface area (Å²) >= 11 is 0. The smallest absolute Gasteiger partial charge is 0.264 e. The van der Waals surface area contributed by atoms with E-state index in [-0.39, 0.29) is 11.0 Å².